The highest BCUT2D eigenvalue weighted by atomic mass is 16.4. The van der Waals surface area contributed by atoms with Gasteiger partial charge in [0.1, 0.15) is 0 Å². The molecule has 0 amide bonds. The van der Waals surface area contributed by atoms with Crippen molar-refractivity contribution in [3.8, 4) is 0 Å². The van der Waals surface area contributed by atoms with Gasteiger partial charge in [0.25, 0.3) is 0 Å². The van der Waals surface area contributed by atoms with Crippen LogP contribution in [0.25, 0.3) is 0 Å². The van der Waals surface area contributed by atoms with E-state index in [-0.39, 0.29) is 0 Å². The SMILES string of the molecule is CC(C)c1ccc(CN)c(C(C)(C)C(=O)O)c1. The number of carboxylic acid groups (broad SMARTS) is 1. The Bertz CT molecular complexity index is 422. The molecule has 0 unspecified atom stereocenters. The van der Waals surface area contributed by atoms with Crippen LogP contribution in [-0.4, -0.2) is 11.1 Å². The number of aliphatic carboxylic acids is 1. The van der Waals surface area contributed by atoms with Crippen LogP contribution in [0.2, 0.25) is 0 Å². The lowest BCUT2D eigenvalue weighted by Crippen LogP contribution is -2.30. The Kier molecular flexibility index (Phi) is 3.94. The van der Waals surface area contributed by atoms with Crippen LogP contribution in [-0.2, 0) is 16.8 Å². The number of benzene rings is 1. The maximum absolute atomic E-state index is 11.3. The van der Waals surface area contributed by atoms with Crippen LogP contribution >= 0.6 is 0 Å². The van der Waals surface area contributed by atoms with Crippen molar-refractivity contribution in [2.75, 3.05) is 0 Å². The lowest BCUT2D eigenvalue weighted by molar-refractivity contribution is -0.142. The smallest absolute Gasteiger partial charge is 0.313 e. The molecule has 0 saturated heterocycles. The van der Waals surface area contributed by atoms with E-state index >= 15 is 0 Å². The molecule has 0 aromatic heterocycles. The number of carbonyl (C=O) groups is 1. The molecule has 0 aliphatic rings. The molecule has 3 N–H and O–H groups in total. The van der Waals surface area contributed by atoms with Gasteiger partial charge in [0, 0.05) is 6.54 Å². The second kappa shape index (κ2) is 4.88. The summed E-state index contributed by atoms with van der Waals surface area (Å²) in [6.45, 7) is 7.98. The number of nitrogens with two attached hydrogens (primary N) is 1. The first-order valence-corrected chi connectivity index (χ1v) is 5.87. The molecule has 0 bridgehead atoms. The van der Waals surface area contributed by atoms with Crippen molar-refractivity contribution in [2.24, 2.45) is 5.73 Å². The summed E-state index contributed by atoms with van der Waals surface area (Å²) < 4.78 is 0. The molecule has 0 aliphatic carbocycles. The highest BCUT2D eigenvalue weighted by Gasteiger charge is 2.31. The number of hydrogen-bond donors (Lipinski definition) is 2. The molecule has 0 atom stereocenters. The Morgan fingerprint density at radius 3 is 2.41 bits per heavy atom. The molecular formula is C14H21NO2. The number of rotatable bonds is 4. The molecule has 0 radical (unpaired) electrons. The van der Waals surface area contributed by atoms with Crippen molar-refractivity contribution in [1.29, 1.82) is 0 Å². The minimum absolute atomic E-state index is 0.365. The fourth-order valence-corrected chi connectivity index (χ4v) is 1.83. The van der Waals surface area contributed by atoms with Crippen molar-refractivity contribution in [2.45, 2.75) is 45.6 Å². The molecule has 3 heteroatoms. The van der Waals surface area contributed by atoms with E-state index in [9.17, 15) is 9.90 Å². The second-order valence-corrected chi connectivity index (χ2v) is 5.21. The molecule has 1 aromatic carbocycles. The molecular weight excluding hydrogens is 214 g/mol. The third-order valence-corrected chi connectivity index (χ3v) is 3.23. The maximum atomic E-state index is 11.3. The number of hydrogen-bond acceptors (Lipinski definition) is 2. The lowest BCUT2D eigenvalue weighted by Gasteiger charge is -2.24. The predicted octanol–water partition coefficient (Wildman–Crippen LogP) is 2.63. The van der Waals surface area contributed by atoms with Gasteiger partial charge in [-0.2, -0.15) is 0 Å². The molecule has 0 spiro atoms. The fourth-order valence-electron chi connectivity index (χ4n) is 1.83. The first-order chi connectivity index (χ1) is 7.80. The average Bonchev–Trinajstić information content (AvgIpc) is 2.27. The van der Waals surface area contributed by atoms with Crippen molar-refractivity contribution >= 4 is 5.97 Å². The highest BCUT2D eigenvalue weighted by molar-refractivity contribution is 5.81. The molecule has 3 nitrogen and oxygen atoms in total. The molecule has 0 aliphatic heterocycles. The van der Waals surface area contributed by atoms with Crippen molar-refractivity contribution in [3.05, 3.63) is 34.9 Å². The zero-order chi connectivity index (χ0) is 13.2. The van der Waals surface area contributed by atoms with Gasteiger partial charge in [0.05, 0.1) is 5.41 Å². The monoisotopic (exact) mass is 235 g/mol. The summed E-state index contributed by atoms with van der Waals surface area (Å²) in [7, 11) is 0. The van der Waals surface area contributed by atoms with Crippen LogP contribution < -0.4 is 5.73 Å². The summed E-state index contributed by atoms with van der Waals surface area (Å²) in [4.78, 5) is 11.3. The van der Waals surface area contributed by atoms with Gasteiger partial charge in [-0.1, -0.05) is 32.0 Å². The summed E-state index contributed by atoms with van der Waals surface area (Å²) in [5.74, 6) is -0.446. The van der Waals surface area contributed by atoms with Crippen LogP contribution in [0.15, 0.2) is 18.2 Å². The average molecular weight is 235 g/mol. The normalized spacial score (nSPS) is 11.9. The minimum atomic E-state index is -0.903. The topological polar surface area (TPSA) is 63.3 Å². The minimum Gasteiger partial charge on any atom is -0.481 e. The van der Waals surface area contributed by atoms with Crippen LogP contribution in [0.4, 0.5) is 0 Å². The van der Waals surface area contributed by atoms with Crippen LogP contribution in [0.5, 0.6) is 0 Å². The summed E-state index contributed by atoms with van der Waals surface area (Å²) in [5, 5.41) is 9.30. The number of carboxylic acids is 1. The van der Waals surface area contributed by atoms with Gasteiger partial charge in [0.15, 0.2) is 0 Å². The van der Waals surface area contributed by atoms with Crippen molar-refractivity contribution < 1.29 is 9.90 Å². The van der Waals surface area contributed by atoms with E-state index in [0.29, 0.717) is 12.5 Å². The molecule has 1 rings (SSSR count). The van der Waals surface area contributed by atoms with Crippen LogP contribution in [0.3, 0.4) is 0 Å². The van der Waals surface area contributed by atoms with Gasteiger partial charge in [-0.3, -0.25) is 4.79 Å². The van der Waals surface area contributed by atoms with E-state index in [1.807, 2.05) is 18.2 Å². The van der Waals surface area contributed by atoms with Crippen molar-refractivity contribution in [1.82, 2.24) is 0 Å². The van der Waals surface area contributed by atoms with E-state index in [0.717, 1.165) is 16.7 Å². The van der Waals surface area contributed by atoms with E-state index in [1.54, 1.807) is 13.8 Å². The van der Waals surface area contributed by atoms with Gasteiger partial charge in [0.2, 0.25) is 0 Å². The first kappa shape index (κ1) is 13.7. The fraction of sp³-hybridized carbons (Fsp3) is 0.500. The Labute approximate surface area is 103 Å². The molecule has 0 saturated carbocycles. The Balaban J connectivity index is 3.38. The molecule has 1 aromatic rings. The van der Waals surface area contributed by atoms with E-state index in [2.05, 4.69) is 13.8 Å². The van der Waals surface area contributed by atoms with Crippen LogP contribution in [0.1, 0.15) is 50.3 Å². The highest BCUT2D eigenvalue weighted by Crippen LogP contribution is 2.29. The molecule has 0 fully saturated rings. The first-order valence-electron chi connectivity index (χ1n) is 5.87. The van der Waals surface area contributed by atoms with E-state index < -0.39 is 11.4 Å². The predicted molar refractivity (Wildman–Crippen MR) is 69.1 cm³/mol. The third-order valence-electron chi connectivity index (χ3n) is 3.23. The largest absolute Gasteiger partial charge is 0.481 e. The van der Waals surface area contributed by atoms with Crippen molar-refractivity contribution in [3.63, 3.8) is 0 Å². The Morgan fingerprint density at radius 2 is 2.00 bits per heavy atom. The lowest BCUT2D eigenvalue weighted by atomic mass is 9.80. The van der Waals surface area contributed by atoms with Gasteiger partial charge in [-0.15, -0.1) is 0 Å². The second-order valence-electron chi connectivity index (χ2n) is 5.21. The zero-order valence-corrected chi connectivity index (χ0v) is 10.9. The summed E-state index contributed by atoms with van der Waals surface area (Å²) in [6.07, 6.45) is 0. The van der Waals surface area contributed by atoms with E-state index in [1.165, 1.54) is 0 Å². The standard InChI is InChI=1S/C14H21NO2/c1-9(2)10-5-6-11(8-15)12(7-10)14(3,4)13(16)17/h5-7,9H,8,15H2,1-4H3,(H,16,17). The van der Waals surface area contributed by atoms with Gasteiger partial charge >= 0.3 is 5.97 Å². The Morgan fingerprint density at radius 1 is 1.41 bits per heavy atom. The van der Waals surface area contributed by atoms with Gasteiger partial charge in [-0.05, 0) is 36.5 Å². The molecule has 94 valence electrons. The maximum Gasteiger partial charge on any atom is 0.313 e. The van der Waals surface area contributed by atoms with E-state index in [4.69, 9.17) is 5.73 Å². The summed E-state index contributed by atoms with van der Waals surface area (Å²) >= 11 is 0. The summed E-state index contributed by atoms with van der Waals surface area (Å²) in [5.41, 5.74) is 7.65. The Hall–Kier alpha value is -1.35. The quantitative estimate of drug-likeness (QED) is 0.843. The zero-order valence-electron chi connectivity index (χ0n) is 10.9. The third kappa shape index (κ3) is 2.67. The molecule has 0 heterocycles. The van der Waals surface area contributed by atoms with Crippen LogP contribution in [0, 0.1) is 0 Å². The van der Waals surface area contributed by atoms with Gasteiger partial charge < -0.3 is 10.8 Å². The van der Waals surface area contributed by atoms with Gasteiger partial charge in [-0.25, -0.2) is 0 Å². The molecule has 17 heavy (non-hydrogen) atoms. The summed E-state index contributed by atoms with van der Waals surface area (Å²) in [6, 6.07) is 5.94.